The number of nitrogens with zero attached hydrogens (tertiary/aromatic N) is 2. The van der Waals surface area contributed by atoms with Gasteiger partial charge in [0.2, 0.25) is 0 Å². The minimum atomic E-state index is 0.533. The molecule has 1 unspecified atom stereocenters. The number of hydrogen-bond acceptors (Lipinski definition) is 2. The molecule has 2 heterocycles. The summed E-state index contributed by atoms with van der Waals surface area (Å²) in [5.41, 5.74) is 2.54. The molecule has 0 saturated heterocycles. The summed E-state index contributed by atoms with van der Waals surface area (Å²) < 4.78 is 7.59. The molecule has 2 aromatic heterocycles. The van der Waals surface area contributed by atoms with Crippen molar-refractivity contribution in [1.29, 1.82) is 0 Å². The second kappa shape index (κ2) is 5.44. The summed E-state index contributed by atoms with van der Waals surface area (Å²) in [6, 6.07) is 6.76. The zero-order valence-electron chi connectivity index (χ0n) is 11.7. The van der Waals surface area contributed by atoms with Gasteiger partial charge in [-0.3, -0.25) is 0 Å². The van der Waals surface area contributed by atoms with Crippen molar-refractivity contribution in [3.8, 4) is 5.75 Å². The van der Waals surface area contributed by atoms with Crippen molar-refractivity contribution in [3.63, 3.8) is 0 Å². The summed E-state index contributed by atoms with van der Waals surface area (Å²) in [6.07, 6.45) is 5.21. The topological polar surface area (TPSA) is 16.9 Å². The number of aromatic nitrogens is 1. The van der Waals surface area contributed by atoms with Crippen LogP contribution in [-0.4, -0.2) is 36.0 Å². The minimum absolute atomic E-state index is 0.533. The summed E-state index contributed by atoms with van der Waals surface area (Å²) in [7, 11) is 3.90. The van der Waals surface area contributed by atoms with Crippen molar-refractivity contribution in [3.05, 3.63) is 36.2 Å². The van der Waals surface area contributed by atoms with E-state index in [1.54, 1.807) is 7.11 Å². The highest BCUT2D eigenvalue weighted by atomic mass is 16.5. The Balaban J connectivity index is 2.34. The lowest BCUT2D eigenvalue weighted by atomic mass is 10.1. The molecule has 3 heteroatoms. The van der Waals surface area contributed by atoms with Crippen LogP contribution in [0.25, 0.3) is 5.52 Å². The largest absolute Gasteiger partial charge is 0.495 e. The highest BCUT2D eigenvalue weighted by molar-refractivity contribution is 5.66. The van der Waals surface area contributed by atoms with E-state index < -0.39 is 0 Å². The first-order chi connectivity index (χ1) is 8.67. The number of likely N-dealkylation sites (N-methyl/N-ethyl adjacent to an activating group) is 1. The quantitative estimate of drug-likeness (QED) is 0.807. The Hall–Kier alpha value is -1.48. The van der Waals surface area contributed by atoms with Crippen LogP contribution in [0.15, 0.2) is 30.6 Å². The van der Waals surface area contributed by atoms with Crippen LogP contribution in [-0.2, 0) is 6.42 Å². The van der Waals surface area contributed by atoms with Gasteiger partial charge in [-0.05, 0) is 50.7 Å². The molecule has 0 bridgehead atoms. The van der Waals surface area contributed by atoms with E-state index in [-0.39, 0.29) is 0 Å². The average Bonchev–Trinajstić information content (AvgIpc) is 2.81. The summed E-state index contributed by atoms with van der Waals surface area (Å²) >= 11 is 0. The first-order valence-electron chi connectivity index (χ1n) is 6.50. The van der Waals surface area contributed by atoms with Gasteiger partial charge < -0.3 is 14.0 Å². The number of pyridine rings is 1. The highest BCUT2D eigenvalue weighted by Crippen LogP contribution is 2.25. The van der Waals surface area contributed by atoms with Crippen LogP contribution < -0.4 is 4.74 Å². The van der Waals surface area contributed by atoms with E-state index in [2.05, 4.69) is 48.7 Å². The first kappa shape index (κ1) is 13.0. The first-order valence-corrected chi connectivity index (χ1v) is 6.50. The lowest BCUT2D eigenvalue weighted by Gasteiger charge is -2.22. The van der Waals surface area contributed by atoms with Crippen molar-refractivity contribution < 1.29 is 4.74 Å². The molecule has 0 aliphatic heterocycles. The monoisotopic (exact) mass is 246 g/mol. The molecule has 0 spiro atoms. The molecule has 0 aromatic carbocycles. The molecular formula is C15H22N2O. The van der Waals surface area contributed by atoms with Gasteiger partial charge in [0.15, 0.2) is 0 Å². The Morgan fingerprint density at radius 2 is 2.11 bits per heavy atom. The summed E-state index contributed by atoms with van der Waals surface area (Å²) in [5.74, 6) is 0.948. The van der Waals surface area contributed by atoms with Gasteiger partial charge >= 0.3 is 0 Å². The van der Waals surface area contributed by atoms with E-state index in [1.807, 2.05) is 12.1 Å². The molecule has 0 amide bonds. The Morgan fingerprint density at radius 1 is 1.33 bits per heavy atom. The molecule has 1 atom stereocenters. The second-order valence-electron chi connectivity index (χ2n) is 4.80. The Labute approximate surface area is 109 Å². The lowest BCUT2D eigenvalue weighted by Crippen LogP contribution is -2.30. The smallest absolute Gasteiger partial charge is 0.143 e. The van der Waals surface area contributed by atoms with E-state index in [0.717, 1.165) is 18.7 Å². The summed E-state index contributed by atoms with van der Waals surface area (Å²) in [5, 5.41) is 0. The third-order valence-corrected chi connectivity index (χ3v) is 3.71. The van der Waals surface area contributed by atoms with E-state index in [4.69, 9.17) is 4.74 Å². The Kier molecular flexibility index (Phi) is 3.92. The Morgan fingerprint density at radius 3 is 2.78 bits per heavy atom. The normalized spacial score (nSPS) is 13.2. The maximum absolute atomic E-state index is 5.46. The summed E-state index contributed by atoms with van der Waals surface area (Å²) in [4.78, 5) is 2.36. The van der Waals surface area contributed by atoms with Gasteiger partial charge in [-0.2, -0.15) is 0 Å². The van der Waals surface area contributed by atoms with Crippen molar-refractivity contribution in [2.75, 3.05) is 20.7 Å². The predicted octanol–water partition coefficient (Wildman–Crippen LogP) is 2.83. The number of hydrogen-bond donors (Lipinski definition) is 0. The predicted molar refractivity (Wildman–Crippen MR) is 75.4 cm³/mol. The van der Waals surface area contributed by atoms with Gasteiger partial charge in [-0.1, -0.05) is 6.92 Å². The SMILES string of the molecule is CCN(C)C(C)Cc1ccn2cccc(OC)c12. The second-order valence-corrected chi connectivity index (χ2v) is 4.80. The highest BCUT2D eigenvalue weighted by Gasteiger charge is 2.13. The van der Waals surface area contributed by atoms with Gasteiger partial charge in [-0.15, -0.1) is 0 Å². The van der Waals surface area contributed by atoms with Gasteiger partial charge in [-0.25, -0.2) is 0 Å². The number of rotatable bonds is 5. The average molecular weight is 246 g/mol. The molecule has 0 N–H and O–H groups in total. The third-order valence-electron chi connectivity index (χ3n) is 3.71. The third kappa shape index (κ3) is 2.36. The zero-order valence-corrected chi connectivity index (χ0v) is 11.7. The van der Waals surface area contributed by atoms with Crippen LogP contribution >= 0.6 is 0 Å². The van der Waals surface area contributed by atoms with Crippen LogP contribution in [0.1, 0.15) is 19.4 Å². The number of methoxy groups -OCH3 is 1. The fourth-order valence-electron chi connectivity index (χ4n) is 2.32. The van der Waals surface area contributed by atoms with Crippen LogP contribution in [0.3, 0.4) is 0 Å². The minimum Gasteiger partial charge on any atom is -0.495 e. The molecule has 0 aliphatic rings. The van der Waals surface area contributed by atoms with E-state index >= 15 is 0 Å². The van der Waals surface area contributed by atoms with Gasteiger partial charge in [0.1, 0.15) is 5.75 Å². The van der Waals surface area contributed by atoms with Crippen LogP contribution in [0.2, 0.25) is 0 Å². The molecule has 3 nitrogen and oxygen atoms in total. The molecule has 0 fully saturated rings. The van der Waals surface area contributed by atoms with Crippen molar-refractivity contribution in [1.82, 2.24) is 9.30 Å². The molecule has 2 aromatic rings. The number of fused-ring (bicyclic) bond motifs is 1. The fourth-order valence-corrected chi connectivity index (χ4v) is 2.32. The van der Waals surface area contributed by atoms with E-state index in [0.29, 0.717) is 6.04 Å². The Bertz CT molecular complexity index is 518. The molecule has 98 valence electrons. The molecule has 18 heavy (non-hydrogen) atoms. The lowest BCUT2D eigenvalue weighted by molar-refractivity contribution is 0.270. The maximum atomic E-state index is 5.46. The van der Waals surface area contributed by atoms with Crippen molar-refractivity contribution in [2.45, 2.75) is 26.3 Å². The van der Waals surface area contributed by atoms with Crippen molar-refractivity contribution in [2.24, 2.45) is 0 Å². The zero-order chi connectivity index (χ0) is 13.1. The summed E-state index contributed by atoms with van der Waals surface area (Å²) in [6.45, 7) is 5.53. The van der Waals surface area contributed by atoms with E-state index in [1.165, 1.54) is 11.1 Å². The van der Waals surface area contributed by atoms with Crippen LogP contribution in [0.5, 0.6) is 5.75 Å². The number of ether oxygens (including phenoxy) is 1. The molecule has 0 aliphatic carbocycles. The standard InChI is InChI=1S/C15H22N2O/c1-5-16(3)12(2)11-13-8-10-17-9-6-7-14(18-4)15(13)17/h6-10,12H,5,11H2,1-4H3. The molecular weight excluding hydrogens is 224 g/mol. The molecule has 0 saturated carbocycles. The van der Waals surface area contributed by atoms with Gasteiger partial charge in [0.25, 0.3) is 0 Å². The van der Waals surface area contributed by atoms with E-state index in [9.17, 15) is 0 Å². The van der Waals surface area contributed by atoms with Gasteiger partial charge in [0.05, 0.1) is 12.6 Å². The molecule has 0 radical (unpaired) electrons. The van der Waals surface area contributed by atoms with Crippen LogP contribution in [0.4, 0.5) is 0 Å². The van der Waals surface area contributed by atoms with Gasteiger partial charge in [0, 0.05) is 18.4 Å². The van der Waals surface area contributed by atoms with Crippen molar-refractivity contribution >= 4 is 5.52 Å². The maximum Gasteiger partial charge on any atom is 0.143 e. The van der Waals surface area contributed by atoms with Crippen LogP contribution in [0, 0.1) is 0 Å². The fraction of sp³-hybridized carbons (Fsp3) is 0.467. The molecule has 2 rings (SSSR count).